The van der Waals surface area contributed by atoms with Crippen LogP contribution in [-0.4, -0.2) is 50.0 Å². The maximum absolute atomic E-state index is 5.32. The summed E-state index contributed by atoms with van der Waals surface area (Å²) >= 11 is 0. The van der Waals surface area contributed by atoms with Crippen molar-refractivity contribution in [2.75, 3.05) is 32.8 Å². The van der Waals surface area contributed by atoms with Crippen LogP contribution in [0.5, 0.6) is 0 Å². The smallest absolute Gasteiger partial charge is 0.0640 e. The number of rotatable bonds is 0. The molecule has 56 valence electrons. The maximum atomic E-state index is 5.32. The Kier molecular flexibility index (Phi) is 1.69. The van der Waals surface area contributed by atoms with Crippen LogP contribution in [0.1, 0.15) is 0 Å². The summed E-state index contributed by atoms with van der Waals surface area (Å²) in [4.78, 5) is 6.64. The van der Waals surface area contributed by atoms with E-state index in [0.29, 0.717) is 6.04 Å². The van der Waals surface area contributed by atoms with Gasteiger partial charge in [0.1, 0.15) is 0 Å². The Morgan fingerprint density at radius 2 is 2.60 bits per heavy atom. The zero-order chi connectivity index (χ0) is 6.81. The molecule has 10 heavy (non-hydrogen) atoms. The van der Waals surface area contributed by atoms with Crippen molar-refractivity contribution < 1.29 is 4.74 Å². The summed E-state index contributed by atoms with van der Waals surface area (Å²) in [5.74, 6) is 0. The van der Waals surface area contributed by atoms with Gasteiger partial charge in [-0.2, -0.15) is 0 Å². The lowest BCUT2D eigenvalue weighted by Gasteiger charge is -2.35. The molecule has 1 atom stereocenters. The SMILES string of the molecule is C1=NCC2COCCN2C1. The van der Waals surface area contributed by atoms with E-state index in [4.69, 9.17) is 4.74 Å². The third-order valence-corrected chi connectivity index (χ3v) is 2.11. The molecule has 3 heteroatoms. The number of hydrogen-bond donors (Lipinski definition) is 0. The van der Waals surface area contributed by atoms with Crippen molar-refractivity contribution >= 4 is 6.21 Å². The molecule has 0 N–H and O–H groups in total. The Bertz CT molecular complexity index is 131. The molecule has 0 radical (unpaired) electrons. The van der Waals surface area contributed by atoms with E-state index in [1.165, 1.54) is 0 Å². The van der Waals surface area contributed by atoms with Gasteiger partial charge >= 0.3 is 0 Å². The molecule has 0 aliphatic carbocycles. The van der Waals surface area contributed by atoms with Crippen LogP contribution in [0.15, 0.2) is 4.99 Å². The van der Waals surface area contributed by atoms with Crippen LogP contribution in [0.2, 0.25) is 0 Å². The summed E-state index contributed by atoms with van der Waals surface area (Å²) in [7, 11) is 0. The van der Waals surface area contributed by atoms with Crippen molar-refractivity contribution in [3.63, 3.8) is 0 Å². The highest BCUT2D eigenvalue weighted by Crippen LogP contribution is 2.08. The molecule has 2 heterocycles. The number of morpholine rings is 1. The monoisotopic (exact) mass is 140 g/mol. The number of ether oxygens (including phenoxy) is 1. The van der Waals surface area contributed by atoms with Crippen molar-refractivity contribution in [1.82, 2.24) is 4.90 Å². The maximum Gasteiger partial charge on any atom is 0.0640 e. The molecule has 1 fully saturated rings. The first-order chi connectivity index (χ1) is 4.97. The Hall–Kier alpha value is -0.410. The lowest BCUT2D eigenvalue weighted by Crippen LogP contribution is -2.49. The summed E-state index contributed by atoms with van der Waals surface area (Å²) in [5.41, 5.74) is 0. The number of fused-ring (bicyclic) bond motifs is 1. The van der Waals surface area contributed by atoms with Gasteiger partial charge in [-0.15, -0.1) is 0 Å². The first-order valence-corrected chi connectivity index (χ1v) is 3.77. The third kappa shape index (κ3) is 1.07. The molecule has 0 aromatic rings. The topological polar surface area (TPSA) is 24.8 Å². The van der Waals surface area contributed by atoms with Gasteiger partial charge in [0.2, 0.25) is 0 Å². The van der Waals surface area contributed by atoms with Crippen molar-refractivity contribution in [2.45, 2.75) is 6.04 Å². The molecule has 0 spiro atoms. The molecule has 2 aliphatic rings. The van der Waals surface area contributed by atoms with E-state index in [1.54, 1.807) is 0 Å². The van der Waals surface area contributed by atoms with Crippen LogP contribution in [0.3, 0.4) is 0 Å². The van der Waals surface area contributed by atoms with Crippen molar-refractivity contribution in [1.29, 1.82) is 0 Å². The fourth-order valence-corrected chi connectivity index (χ4v) is 1.46. The Balaban J connectivity index is 2.01. The lowest BCUT2D eigenvalue weighted by molar-refractivity contribution is 0.00184. The number of hydrogen-bond acceptors (Lipinski definition) is 3. The second kappa shape index (κ2) is 2.68. The average Bonchev–Trinajstić information content (AvgIpc) is 2.05. The largest absolute Gasteiger partial charge is 0.378 e. The van der Waals surface area contributed by atoms with Crippen LogP contribution in [0.25, 0.3) is 0 Å². The van der Waals surface area contributed by atoms with Crippen LogP contribution in [0.4, 0.5) is 0 Å². The fraction of sp³-hybridized carbons (Fsp3) is 0.857. The molecule has 1 saturated heterocycles. The molecular formula is C7H12N2O. The first kappa shape index (κ1) is 6.31. The van der Waals surface area contributed by atoms with Gasteiger partial charge in [0.05, 0.1) is 25.8 Å². The summed E-state index contributed by atoms with van der Waals surface area (Å²) in [6.45, 7) is 4.80. The van der Waals surface area contributed by atoms with Crippen LogP contribution in [-0.2, 0) is 4.74 Å². The van der Waals surface area contributed by atoms with Gasteiger partial charge in [-0.1, -0.05) is 0 Å². The van der Waals surface area contributed by atoms with Gasteiger partial charge < -0.3 is 4.74 Å². The molecule has 3 nitrogen and oxygen atoms in total. The highest BCUT2D eigenvalue weighted by molar-refractivity contribution is 5.60. The second-order valence-electron chi connectivity index (χ2n) is 2.77. The van der Waals surface area contributed by atoms with E-state index < -0.39 is 0 Å². The number of nitrogens with zero attached hydrogens (tertiary/aromatic N) is 2. The Morgan fingerprint density at radius 3 is 3.50 bits per heavy atom. The zero-order valence-corrected chi connectivity index (χ0v) is 5.99. The average molecular weight is 140 g/mol. The van der Waals surface area contributed by atoms with E-state index in [1.807, 2.05) is 6.21 Å². The lowest BCUT2D eigenvalue weighted by atomic mass is 10.2. The van der Waals surface area contributed by atoms with E-state index in [9.17, 15) is 0 Å². The Morgan fingerprint density at radius 1 is 1.60 bits per heavy atom. The van der Waals surface area contributed by atoms with Gasteiger partial charge in [-0.3, -0.25) is 9.89 Å². The van der Waals surface area contributed by atoms with Gasteiger partial charge in [0, 0.05) is 19.3 Å². The standard InChI is InChI=1S/C7H12N2O/c1-2-9-3-4-10-6-7(9)5-8-1/h1,7H,2-6H2. The van der Waals surface area contributed by atoms with Crippen LogP contribution < -0.4 is 0 Å². The minimum atomic E-state index is 0.568. The molecule has 1 unspecified atom stereocenters. The summed E-state index contributed by atoms with van der Waals surface area (Å²) in [6.07, 6.45) is 2.00. The fourth-order valence-electron chi connectivity index (χ4n) is 1.46. The molecule has 2 aliphatic heterocycles. The van der Waals surface area contributed by atoms with Crippen molar-refractivity contribution in [3.05, 3.63) is 0 Å². The minimum absolute atomic E-state index is 0.568. The van der Waals surface area contributed by atoms with Crippen LogP contribution in [0, 0.1) is 0 Å². The minimum Gasteiger partial charge on any atom is -0.378 e. The molecule has 0 aromatic heterocycles. The summed E-state index contributed by atoms with van der Waals surface area (Å²) < 4.78 is 5.32. The normalized spacial score (nSPS) is 33.8. The molecule has 0 amide bonds. The van der Waals surface area contributed by atoms with Gasteiger partial charge in [-0.25, -0.2) is 0 Å². The molecule has 0 aromatic carbocycles. The van der Waals surface area contributed by atoms with Gasteiger partial charge in [-0.05, 0) is 0 Å². The van der Waals surface area contributed by atoms with E-state index in [-0.39, 0.29) is 0 Å². The summed E-state index contributed by atoms with van der Waals surface area (Å²) in [5, 5.41) is 0. The number of aliphatic imine (C=N–C) groups is 1. The first-order valence-electron chi connectivity index (χ1n) is 3.77. The van der Waals surface area contributed by atoms with E-state index in [0.717, 1.165) is 32.8 Å². The summed E-state index contributed by atoms with van der Waals surface area (Å²) in [6, 6.07) is 0.568. The van der Waals surface area contributed by atoms with Gasteiger partial charge in [0.25, 0.3) is 0 Å². The molecule has 0 saturated carbocycles. The highest BCUT2D eigenvalue weighted by atomic mass is 16.5. The van der Waals surface area contributed by atoms with Crippen molar-refractivity contribution in [3.8, 4) is 0 Å². The third-order valence-electron chi connectivity index (χ3n) is 2.11. The zero-order valence-electron chi connectivity index (χ0n) is 5.99. The molecular weight excluding hydrogens is 128 g/mol. The van der Waals surface area contributed by atoms with E-state index >= 15 is 0 Å². The van der Waals surface area contributed by atoms with E-state index in [2.05, 4.69) is 9.89 Å². The second-order valence-corrected chi connectivity index (χ2v) is 2.77. The van der Waals surface area contributed by atoms with Crippen LogP contribution >= 0.6 is 0 Å². The predicted octanol–water partition coefficient (Wildman–Crippen LogP) is -0.228. The van der Waals surface area contributed by atoms with Gasteiger partial charge in [0.15, 0.2) is 0 Å². The Labute approximate surface area is 60.7 Å². The quantitative estimate of drug-likeness (QED) is 0.464. The predicted molar refractivity (Wildman–Crippen MR) is 39.5 cm³/mol. The molecule has 2 rings (SSSR count). The molecule has 0 bridgehead atoms. The highest BCUT2D eigenvalue weighted by Gasteiger charge is 2.23. The van der Waals surface area contributed by atoms with Crippen molar-refractivity contribution in [2.24, 2.45) is 4.99 Å².